The average molecular weight is 240 g/mol. The molecule has 1 saturated carbocycles. The van der Waals surface area contributed by atoms with Gasteiger partial charge in [-0.15, -0.1) is 0 Å². The van der Waals surface area contributed by atoms with Crippen molar-refractivity contribution in [3.05, 3.63) is 34.9 Å². The molecular weight excluding hydrogens is 226 g/mol. The summed E-state index contributed by atoms with van der Waals surface area (Å²) in [5, 5.41) is 13.1. The van der Waals surface area contributed by atoms with Gasteiger partial charge in [0.1, 0.15) is 5.54 Å². The molecule has 0 radical (unpaired) electrons. The summed E-state index contributed by atoms with van der Waals surface area (Å²) in [6.07, 6.45) is 2.09. The second-order valence-electron chi connectivity index (χ2n) is 4.36. The van der Waals surface area contributed by atoms with E-state index in [4.69, 9.17) is 11.6 Å². The lowest BCUT2D eigenvalue weighted by atomic mass is 9.92. The smallest absolute Gasteiger partial charge is 0.328 e. The molecule has 0 heterocycles. The third-order valence-electron chi connectivity index (χ3n) is 2.90. The lowest BCUT2D eigenvalue weighted by Gasteiger charge is -2.27. The second kappa shape index (κ2) is 4.07. The highest BCUT2D eigenvalue weighted by Gasteiger charge is 2.39. The number of rotatable bonds is 4. The van der Waals surface area contributed by atoms with Crippen molar-refractivity contribution >= 4 is 17.6 Å². The highest BCUT2D eigenvalue weighted by atomic mass is 35.5. The Labute approximate surface area is 99.4 Å². The number of hydrogen-bond acceptors (Lipinski definition) is 2. The van der Waals surface area contributed by atoms with Crippen LogP contribution in [-0.2, 0) is 10.3 Å². The van der Waals surface area contributed by atoms with Crippen molar-refractivity contribution in [3.8, 4) is 0 Å². The number of aliphatic carboxylic acids is 1. The van der Waals surface area contributed by atoms with Crippen LogP contribution in [0.1, 0.15) is 25.3 Å². The van der Waals surface area contributed by atoms with E-state index in [0.29, 0.717) is 16.6 Å². The van der Waals surface area contributed by atoms with Gasteiger partial charge in [-0.05, 0) is 37.5 Å². The molecule has 1 aliphatic rings. The summed E-state index contributed by atoms with van der Waals surface area (Å²) in [5.41, 5.74) is -0.356. The van der Waals surface area contributed by atoms with Crippen LogP contribution in [0.5, 0.6) is 0 Å². The molecule has 1 aromatic rings. The highest BCUT2D eigenvalue weighted by molar-refractivity contribution is 6.30. The molecule has 0 spiro atoms. The van der Waals surface area contributed by atoms with Gasteiger partial charge in [-0.25, -0.2) is 4.79 Å². The van der Waals surface area contributed by atoms with Crippen LogP contribution in [0.4, 0.5) is 0 Å². The molecule has 1 fully saturated rings. The summed E-state index contributed by atoms with van der Waals surface area (Å²) in [6.45, 7) is 1.68. The van der Waals surface area contributed by atoms with Crippen LogP contribution in [0.25, 0.3) is 0 Å². The minimum absolute atomic E-state index is 0.320. The van der Waals surface area contributed by atoms with E-state index in [9.17, 15) is 9.90 Å². The third-order valence-corrected chi connectivity index (χ3v) is 3.13. The Balaban J connectivity index is 2.33. The predicted octanol–water partition coefficient (Wildman–Crippen LogP) is 2.39. The third kappa shape index (κ3) is 2.20. The van der Waals surface area contributed by atoms with Gasteiger partial charge in [-0.2, -0.15) is 0 Å². The molecule has 2 N–H and O–H groups in total. The van der Waals surface area contributed by atoms with Crippen LogP contribution in [0, 0.1) is 0 Å². The summed E-state index contributed by atoms with van der Waals surface area (Å²) in [7, 11) is 0. The van der Waals surface area contributed by atoms with Gasteiger partial charge in [0.25, 0.3) is 0 Å². The molecule has 2 rings (SSSR count). The van der Waals surface area contributed by atoms with Gasteiger partial charge >= 0.3 is 5.97 Å². The molecule has 1 aromatic carbocycles. The van der Waals surface area contributed by atoms with Crippen molar-refractivity contribution in [2.45, 2.75) is 31.3 Å². The zero-order valence-corrected chi connectivity index (χ0v) is 9.79. The molecule has 4 heteroatoms. The highest BCUT2D eigenvalue weighted by Crippen LogP contribution is 2.29. The maximum Gasteiger partial charge on any atom is 0.328 e. The van der Waals surface area contributed by atoms with Crippen molar-refractivity contribution in [1.82, 2.24) is 5.32 Å². The fraction of sp³-hybridized carbons (Fsp3) is 0.417. The SMILES string of the molecule is CC(NC1CC1)(C(=O)O)c1cccc(Cl)c1. The lowest BCUT2D eigenvalue weighted by Crippen LogP contribution is -2.47. The van der Waals surface area contributed by atoms with Gasteiger partial charge < -0.3 is 5.11 Å². The fourth-order valence-electron chi connectivity index (χ4n) is 1.70. The first-order chi connectivity index (χ1) is 7.52. The average Bonchev–Trinajstić information content (AvgIpc) is 3.01. The number of carboxylic acid groups (broad SMARTS) is 1. The van der Waals surface area contributed by atoms with E-state index in [1.807, 2.05) is 0 Å². The zero-order chi connectivity index (χ0) is 11.8. The molecule has 0 aromatic heterocycles. The minimum atomic E-state index is -1.05. The number of hydrogen-bond donors (Lipinski definition) is 2. The van der Waals surface area contributed by atoms with Crippen molar-refractivity contribution in [2.75, 3.05) is 0 Å². The zero-order valence-electron chi connectivity index (χ0n) is 9.03. The van der Waals surface area contributed by atoms with Gasteiger partial charge in [0, 0.05) is 11.1 Å². The van der Waals surface area contributed by atoms with Crippen molar-refractivity contribution in [1.29, 1.82) is 0 Å². The molecule has 86 valence electrons. The molecule has 16 heavy (non-hydrogen) atoms. The molecule has 0 aliphatic heterocycles. The van der Waals surface area contributed by atoms with Crippen molar-refractivity contribution in [2.24, 2.45) is 0 Å². The quantitative estimate of drug-likeness (QED) is 0.848. The first kappa shape index (κ1) is 11.4. The molecule has 0 saturated heterocycles. The molecular formula is C12H14ClNO2. The predicted molar refractivity (Wildman–Crippen MR) is 62.6 cm³/mol. The van der Waals surface area contributed by atoms with E-state index in [-0.39, 0.29) is 0 Å². The number of halogens is 1. The maximum absolute atomic E-state index is 11.4. The molecule has 0 bridgehead atoms. The van der Waals surface area contributed by atoms with Gasteiger partial charge in [0.2, 0.25) is 0 Å². The van der Waals surface area contributed by atoms with Crippen LogP contribution in [0.3, 0.4) is 0 Å². The van der Waals surface area contributed by atoms with E-state index >= 15 is 0 Å². The fourth-order valence-corrected chi connectivity index (χ4v) is 1.89. The molecule has 0 amide bonds. The number of nitrogens with one attached hydrogen (secondary N) is 1. The van der Waals surface area contributed by atoms with Crippen LogP contribution < -0.4 is 5.32 Å². The largest absolute Gasteiger partial charge is 0.480 e. The van der Waals surface area contributed by atoms with Gasteiger partial charge in [-0.1, -0.05) is 23.7 Å². The Morgan fingerprint density at radius 1 is 1.56 bits per heavy atom. The van der Waals surface area contributed by atoms with Gasteiger partial charge in [0.15, 0.2) is 0 Å². The Morgan fingerprint density at radius 3 is 2.75 bits per heavy atom. The second-order valence-corrected chi connectivity index (χ2v) is 4.80. The van der Waals surface area contributed by atoms with E-state index in [2.05, 4.69) is 5.32 Å². The van der Waals surface area contributed by atoms with Gasteiger partial charge in [0.05, 0.1) is 0 Å². The number of carbonyl (C=O) groups is 1. The number of carboxylic acids is 1. The molecule has 3 nitrogen and oxygen atoms in total. The lowest BCUT2D eigenvalue weighted by molar-refractivity contribution is -0.144. The summed E-state index contributed by atoms with van der Waals surface area (Å²) in [5.74, 6) is -0.873. The summed E-state index contributed by atoms with van der Waals surface area (Å²) in [6, 6.07) is 7.32. The maximum atomic E-state index is 11.4. The Bertz CT molecular complexity index is 417. The van der Waals surface area contributed by atoms with Gasteiger partial charge in [-0.3, -0.25) is 5.32 Å². The van der Waals surface area contributed by atoms with E-state index in [1.165, 1.54) is 0 Å². The van der Waals surface area contributed by atoms with Crippen LogP contribution >= 0.6 is 11.6 Å². The minimum Gasteiger partial charge on any atom is -0.480 e. The van der Waals surface area contributed by atoms with Crippen LogP contribution in [0.15, 0.2) is 24.3 Å². The Morgan fingerprint density at radius 2 is 2.25 bits per heavy atom. The Kier molecular flexibility index (Phi) is 2.91. The normalized spacial score (nSPS) is 19.1. The van der Waals surface area contributed by atoms with E-state index in [0.717, 1.165) is 12.8 Å². The van der Waals surface area contributed by atoms with Crippen molar-refractivity contribution in [3.63, 3.8) is 0 Å². The van der Waals surface area contributed by atoms with Crippen LogP contribution in [-0.4, -0.2) is 17.1 Å². The molecule has 1 aliphatic carbocycles. The topological polar surface area (TPSA) is 49.3 Å². The van der Waals surface area contributed by atoms with E-state index in [1.54, 1.807) is 31.2 Å². The summed E-state index contributed by atoms with van der Waals surface area (Å²) >= 11 is 5.89. The molecule has 1 atom stereocenters. The summed E-state index contributed by atoms with van der Waals surface area (Å²) in [4.78, 5) is 11.4. The monoisotopic (exact) mass is 239 g/mol. The van der Waals surface area contributed by atoms with Crippen LogP contribution in [0.2, 0.25) is 5.02 Å². The summed E-state index contributed by atoms with van der Waals surface area (Å²) < 4.78 is 0. The van der Waals surface area contributed by atoms with Crippen molar-refractivity contribution < 1.29 is 9.90 Å². The van der Waals surface area contributed by atoms with E-state index < -0.39 is 11.5 Å². The first-order valence-electron chi connectivity index (χ1n) is 5.29. The Hall–Kier alpha value is -1.06. The molecule has 1 unspecified atom stereocenters. The first-order valence-corrected chi connectivity index (χ1v) is 5.67. The standard InChI is InChI=1S/C12H14ClNO2/c1-12(11(15)16,14-10-5-6-10)8-3-2-4-9(13)7-8/h2-4,7,10,14H,5-6H2,1H3,(H,15,16). The number of benzene rings is 1.